The highest BCUT2D eigenvalue weighted by atomic mass is 31.1. The first-order chi connectivity index (χ1) is 26.5. The van der Waals surface area contributed by atoms with E-state index in [1.807, 2.05) is 30.0 Å². The molecular weight excluding hydrogens is 743 g/mol. The average molecular weight is 792 g/mol. The summed E-state index contributed by atoms with van der Waals surface area (Å²) in [5, 5.41) is 2.64. The molecule has 4 rings (SSSR count). The Morgan fingerprint density at radius 2 is 1.55 bits per heavy atom. The van der Waals surface area contributed by atoms with Crippen molar-refractivity contribution in [1.82, 2.24) is 25.1 Å². The van der Waals surface area contributed by atoms with Crippen molar-refractivity contribution in [3.8, 4) is 11.4 Å². The van der Waals surface area contributed by atoms with E-state index < -0.39 is 56.9 Å². The number of unbranched alkanes of at least 4 members (excludes halogenated alkanes) is 1. The number of benzene rings is 1. The molecule has 0 spiro atoms. The number of methoxy groups -OCH3 is 1. The van der Waals surface area contributed by atoms with Crippen molar-refractivity contribution >= 4 is 44.1 Å². The van der Waals surface area contributed by atoms with E-state index in [0.29, 0.717) is 30.9 Å². The van der Waals surface area contributed by atoms with Gasteiger partial charge in [-0.3, -0.25) is 9.59 Å². The number of nitrogens with zero attached hydrogens (tertiary/aromatic N) is 5. The number of piperazine rings is 1. The van der Waals surface area contributed by atoms with E-state index in [4.69, 9.17) is 37.9 Å². The van der Waals surface area contributed by atoms with Crippen LogP contribution in [0, 0.1) is 0 Å². The molecule has 2 fully saturated rings. The number of ether oxygens (including phenoxy) is 6. The smallest absolute Gasteiger partial charge is 0.449 e. The maximum absolute atomic E-state index is 14.1. The van der Waals surface area contributed by atoms with Crippen LogP contribution in [0.5, 0.6) is 0 Å². The zero-order chi connectivity index (χ0) is 39.7. The molecule has 3 amide bonds. The predicted molar refractivity (Wildman–Crippen MR) is 194 cm³/mol. The quantitative estimate of drug-likeness (QED) is 0.0790. The normalized spacial score (nSPS) is 16.3. The molecule has 2 saturated heterocycles. The molecule has 1 aromatic carbocycles. The summed E-state index contributed by atoms with van der Waals surface area (Å²) in [6.07, 6.45) is -1.46. The summed E-state index contributed by atoms with van der Waals surface area (Å²) in [7, 11) is -1.37. The zero-order valence-corrected chi connectivity index (χ0v) is 32.3. The summed E-state index contributed by atoms with van der Waals surface area (Å²) >= 11 is 0. The second kappa shape index (κ2) is 21.7. The van der Waals surface area contributed by atoms with Crippen LogP contribution in [0.1, 0.15) is 50.5 Å². The molecule has 2 aliphatic rings. The van der Waals surface area contributed by atoms with Gasteiger partial charge in [-0.2, -0.15) is 0 Å². The zero-order valence-electron chi connectivity index (χ0n) is 31.4. The van der Waals surface area contributed by atoms with Crippen LogP contribution in [-0.4, -0.2) is 141 Å². The van der Waals surface area contributed by atoms with Crippen LogP contribution in [0.2, 0.25) is 0 Å². The minimum absolute atomic E-state index is 0.0335. The Bertz CT molecular complexity index is 1610. The van der Waals surface area contributed by atoms with E-state index in [9.17, 15) is 28.5 Å². The van der Waals surface area contributed by atoms with Gasteiger partial charge in [0, 0.05) is 58.0 Å². The summed E-state index contributed by atoms with van der Waals surface area (Å²) in [6.45, 7) is 4.50. The predicted octanol–water partition coefficient (Wildman–Crippen LogP) is 3.94. The summed E-state index contributed by atoms with van der Waals surface area (Å²) < 4.78 is 48.6. The van der Waals surface area contributed by atoms with Crippen LogP contribution in [0.25, 0.3) is 11.4 Å². The first-order valence-corrected chi connectivity index (χ1v) is 19.4. The Morgan fingerprint density at radius 3 is 2.15 bits per heavy atom. The van der Waals surface area contributed by atoms with Crippen LogP contribution in [0.4, 0.5) is 20.2 Å². The van der Waals surface area contributed by atoms with Gasteiger partial charge < -0.3 is 48.4 Å². The van der Waals surface area contributed by atoms with Gasteiger partial charge in [0.25, 0.3) is 5.91 Å². The molecule has 0 bridgehead atoms. The van der Waals surface area contributed by atoms with Crippen molar-refractivity contribution in [1.29, 1.82) is 0 Å². The van der Waals surface area contributed by atoms with Gasteiger partial charge in [0.2, 0.25) is 12.1 Å². The third-order valence-electron chi connectivity index (χ3n) is 8.40. The lowest BCUT2D eigenvalue weighted by atomic mass is 10.2. The standard InChI is InChI=1S/C35H47N6O13P/c1-5-8-20-51-32(44)40-18-16-39(17-19-40)31(43)27(23-55(47)54-35(52-33(45)49-6-2)53-34(46)50-7-3)37-30(42)26-21-28(41-15-14-25(22-41)48-4)38-29(36-26)24-12-10-9-11-13-24/h9-13,21,25,27,35H,5-8,14-20,22-23H2,1-4H3/p+1/t25-,27-/m0/s1. The largest absolute Gasteiger partial charge is 0.518 e. The van der Waals surface area contributed by atoms with Crippen LogP contribution in [0.15, 0.2) is 36.4 Å². The lowest BCUT2D eigenvalue weighted by molar-refractivity contribution is -0.199. The van der Waals surface area contributed by atoms with Crippen LogP contribution >= 0.6 is 8.03 Å². The Labute approximate surface area is 319 Å². The molecule has 2 aliphatic heterocycles. The molecule has 1 aromatic heterocycles. The topological polar surface area (TPSA) is 215 Å². The van der Waals surface area contributed by atoms with Crippen molar-refractivity contribution in [3.63, 3.8) is 0 Å². The van der Waals surface area contributed by atoms with E-state index in [1.54, 1.807) is 19.2 Å². The summed E-state index contributed by atoms with van der Waals surface area (Å²) in [5.41, 5.74) is 0.567. The lowest BCUT2D eigenvalue weighted by Crippen LogP contribution is -2.56. The third kappa shape index (κ3) is 13.0. The molecule has 2 aromatic rings. The Morgan fingerprint density at radius 1 is 0.891 bits per heavy atom. The third-order valence-corrected chi connectivity index (χ3v) is 9.47. The van der Waals surface area contributed by atoms with Crippen LogP contribution in [0.3, 0.4) is 0 Å². The Balaban J connectivity index is 1.58. The van der Waals surface area contributed by atoms with E-state index >= 15 is 0 Å². The number of hydrogen-bond acceptors (Lipinski definition) is 16. The molecule has 3 atom stereocenters. The number of rotatable bonds is 17. The van der Waals surface area contributed by atoms with E-state index in [1.165, 1.54) is 29.7 Å². The van der Waals surface area contributed by atoms with Crippen molar-refractivity contribution in [2.75, 3.05) is 77.3 Å². The molecular formula is C35H48N6O13P+. The monoisotopic (exact) mass is 791 g/mol. The molecule has 19 nitrogen and oxygen atoms in total. The highest BCUT2D eigenvalue weighted by Crippen LogP contribution is 2.29. The van der Waals surface area contributed by atoms with E-state index in [0.717, 1.165) is 12.8 Å². The second-order valence-corrected chi connectivity index (χ2v) is 13.5. The fraction of sp³-hybridized carbons (Fsp3) is 0.571. The van der Waals surface area contributed by atoms with Gasteiger partial charge in [-0.05, 0) is 31.3 Å². The molecule has 0 saturated carbocycles. The highest BCUT2D eigenvalue weighted by Gasteiger charge is 2.40. The number of anilines is 1. The molecule has 1 N–H and O–H groups in total. The number of amides is 3. The minimum atomic E-state index is -3.00. The number of carbonyl (C=O) groups excluding carboxylic acids is 5. The van der Waals surface area contributed by atoms with Gasteiger partial charge >= 0.3 is 32.9 Å². The van der Waals surface area contributed by atoms with E-state index in [2.05, 4.69) is 10.3 Å². The van der Waals surface area contributed by atoms with Gasteiger partial charge in [0.1, 0.15) is 11.5 Å². The molecule has 1 unspecified atom stereocenters. The maximum Gasteiger partial charge on any atom is 0.518 e. The first kappa shape index (κ1) is 42.6. The molecule has 0 radical (unpaired) electrons. The van der Waals surface area contributed by atoms with Crippen molar-refractivity contribution < 1.29 is 61.5 Å². The fourth-order valence-electron chi connectivity index (χ4n) is 5.52. The molecule has 55 heavy (non-hydrogen) atoms. The number of aromatic nitrogens is 2. The van der Waals surface area contributed by atoms with E-state index in [-0.39, 0.29) is 63.6 Å². The molecule has 0 aliphatic carbocycles. The van der Waals surface area contributed by atoms with Crippen LogP contribution in [-0.2, 0) is 42.3 Å². The van der Waals surface area contributed by atoms with Crippen molar-refractivity contribution in [2.45, 2.75) is 58.7 Å². The molecule has 3 heterocycles. The van der Waals surface area contributed by atoms with Gasteiger partial charge in [-0.15, -0.1) is 0 Å². The SMILES string of the molecule is CCCCOC(=O)N1CCN(C(=O)[C@H](C[P+](=O)OC(OC(=O)OCC)OC(=O)OCC)NC(=O)c2cc(N3CC[C@H](OC)C3)nc(-c3ccccc3)n2)CC1. The molecule has 300 valence electrons. The highest BCUT2D eigenvalue weighted by molar-refractivity contribution is 7.39. The van der Waals surface area contributed by atoms with Gasteiger partial charge in [-0.25, -0.2) is 24.4 Å². The van der Waals surface area contributed by atoms with Gasteiger partial charge in [0.15, 0.2) is 11.9 Å². The average Bonchev–Trinajstić information content (AvgIpc) is 3.67. The second-order valence-electron chi connectivity index (χ2n) is 12.2. The van der Waals surface area contributed by atoms with Gasteiger partial charge in [0.05, 0.1) is 25.9 Å². The number of nitrogens with one attached hydrogen (secondary N) is 1. The Hall–Kier alpha value is -5.13. The Kier molecular flexibility index (Phi) is 16.8. The summed E-state index contributed by atoms with van der Waals surface area (Å²) in [4.78, 5) is 78.7. The number of hydrogen-bond donors (Lipinski definition) is 1. The first-order valence-electron chi connectivity index (χ1n) is 18.1. The summed E-state index contributed by atoms with van der Waals surface area (Å²) in [6, 6.07) is 9.04. The van der Waals surface area contributed by atoms with Crippen LogP contribution < -0.4 is 10.2 Å². The van der Waals surface area contributed by atoms with Crippen molar-refractivity contribution in [3.05, 3.63) is 42.1 Å². The molecule has 20 heteroatoms. The number of carbonyl (C=O) groups is 5. The van der Waals surface area contributed by atoms with Gasteiger partial charge in [-0.1, -0.05) is 48.2 Å². The minimum Gasteiger partial charge on any atom is -0.449 e. The fourth-order valence-corrected chi connectivity index (χ4v) is 6.43. The lowest BCUT2D eigenvalue weighted by Gasteiger charge is -2.35. The maximum atomic E-state index is 14.1. The summed E-state index contributed by atoms with van der Waals surface area (Å²) in [5.74, 6) is -0.704. The van der Waals surface area contributed by atoms with Crippen molar-refractivity contribution in [2.24, 2.45) is 0 Å².